The minimum absolute atomic E-state index is 0.0766. The van der Waals surface area contributed by atoms with Gasteiger partial charge in [-0.2, -0.15) is 0 Å². The van der Waals surface area contributed by atoms with Crippen molar-refractivity contribution in [2.75, 3.05) is 27.2 Å². The van der Waals surface area contributed by atoms with E-state index in [2.05, 4.69) is 92.2 Å². The summed E-state index contributed by atoms with van der Waals surface area (Å²) in [5.41, 5.74) is 2.68. The zero-order chi connectivity index (χ0) is 19.0. The number of thiophene rings is 1. The molecule has 0 aliphatic carbocycles. The molecule has 0 amide bonds. The van der Waals surface area contributed by atoms with Gasteiger partial charge in [-0.15, -0.1) is 11.3 Å². The number of nitrogens with one attached hydrogen (secondary N) is 2. The number of aliphatic imine (C=N–C) groups is 1. The average Bonchev–Trinajstić information content (AvgIpc) is 3.13. The van der Waals surface area contributed by atoms with Gasteiger partial charge in [-0.3, -0.25) is 0 Å². The Bertz CT molecular complexity index is 690. The summed E-state index contributed by atoms with van der Waals surface area (Å²) < 4.78 is 0. The molecule has 0 fully saturated rings. The molecule has 2 aromatic rings. The van der Waals surface area contributed by atoms with Crippen LogP contribution in [0.4, 0.5) is 0 Å². The summed E-state index contributed by atoms with van der Waals surface area (Å²) in [5, 5.41) is 9.01. The molecular weight excluding hydrogens is 340 g/mol. The van der Waals surface area contributed by atoms with Crippen molar-refractivity contribution in [3.8, 4) is 0 Å². The first kappa shape index (κ1) is 20.5. The molecule has 2 rings (SSSR count). The monoisotopic (exact) mass is 372 g/mol. The quantitative estimate of drug-likeness (QED) is 0.546. The lowest BCUT2D eigenvalue weighted by Crippen LogP contribution is -2.43. The van der Waals surface area contributed by atoms with E-state index in [9.17, 15) is 0 Å². The lowest BCUT2D eigenvalue weighted by atomic mass is 9.91. The Kier molecular flexibility index (Phi) is 7.66. The van der Waals surface area contributed by atoms with Crippen LogP contribution < -0.4 is 10.6 Å². The van der Waals surface area contributed by atoms with Crippen LogP contribution in [0.25, 0.3) is 0 Å². The highest BCUT2D eigenvalue weighted by Gasteiger charge is 2.21. The second-order valence-corrected chi connectivity index (χ2v) is 8.36. The van der Waals surface area contributed by atoms with Gasteiger partial charge in [-0.25, -0.2) is 4.99 Å². The highest BCUT2D eigenvalue weighted by Crippen LogP contribution is 2.26. The highest BCUT2D eigenvalue weighted by molar-refractivity contribution is 7.10. The predicted octanol–water partition coefficient (Wildman–Crippen LogP) is 3.84. The smallest absolute Gasteiger partial charge is 0.191 e. The summed E-state index contributed by atoms with van der Waals surface area (Å²) in [6, 6.07) is 12.9. The Hall–Kier alpha value is -1.85. The lowest BCUT2D eigenvalue weighted by Gasteiger charge is -2.25. The fourth-order valence-corrected chi connectivity index (χ4v) is 3.62. The number of nitrogens with zero attached hydrogens (tertiary/aromatic N) is 2. The third-order valence-electron chi connectivity index (χ3n) is 4.24. The lowest BCUT2D eigenvalue weighted by molar-refractivity contribution is 0.401. The molecule has 0 aliphatic heterocycles. The highest BCUT2D eigenvalue weighted by atomic mass is 32.1. The molecule has 0 atom stereocenters. The van der Waals surface area contributed by atoms with Crippen LogP contribution in [-0.2, 0) is 18.5 Å². The van der Waals surface area contributed by atoms with E-state index in [1.165, 1.54) is 16.0 Å². The summed E-state index contributed by atoms with van der Waals surface area (Å²) in [5.74, 6) is 0.872. The van der Waals surface area contributed by atoms with Crippen LogP contribution in [0.3, 0.4) is 0 Å². The first-order chi connectivity index (χ1) is 12.4. The number of rotatable bonds is 8. The molecule has 0 spiro atoms. The van der Waals surface area contributed by atoms with Crippen molar-refractivity contribution in [3.63, 3.8) is 0 Å². The first-order valence-corrected chi connectivity index (χ1v) is 10.1. The fraction of sp³-hybridized carbons (Fsp3) is 0.476. The van der Waals surface area contributed by atoms with Gasteiger partial charge in [0.05, 0.1) is 6.54 Å². The molecule has 0 saturated heterocycles. The van der Waals surface area contributed by atoms with Crippen molar-refractivity contribution >= 4 is 17.3 Å². The fourth-order valence-electron chi connectivity index (χ4n) is 2.77. The maximum atomic E-state index is 4.82. The molecule has 1 aromatic carbocycles. The second-order valence-electron chi connectivity index (χ2n) is 7.42. The summed E-state index contributed by atoms with van der Waals surface area (Å²) in [7, 11) is 4.19. The van der Waals surface area contributed by atoms with Crippen molar-refractivity contribution in [1.29, 1.82) is 0 Å². The van der Waals surface area contributed by atoms with Crippen LogP contribution in [0.1, 0.15) is 36.8 Å². The van der Waals surface area contributed by atoms with Gasteiger partial charge in [0.25, 0.3) is 0 Å². The van der Waals surface area contributed by atoms with E-state index in [0.29, 0.717) is 6.54 Å². The Balaban J connectivity index is 2.05. The van der Waals surface area contributed by atoms with Crippen LogP contribution in [-0.4, -0.2) is 38.0 Å². The average molecular weight is 373 g/mol. The molecule has 1 aromatic heterocycles. The minimum atomic E-state index is 0.0766. The van der Waals surface area contributed by atoms with Gasteiger partial charge >= 0.3 is 0 Å². The van der Waals surface area contributed by atoms with Crippen molar-refractivity contribution in [2.45, 2.75) is 39.3 Å². The van der Waals surface area contributed by atoms with Gasteiger partial charge in [0, 0.05) is 29.9 Å². The standard InChI is InChI=1S/C21H32N4S/c1-6-22-20(24-16-21(2,3)19-12-9-13-26-19)23-14-17-10-7-8-11-18(17)15-25(4)5/h7-13H,6,14-16H2,1-5H3,(H2,22,23,24). The summed E-state index contributed by atoms with van der Waals surface area (Å²) in [6.07, 6.45) is 0. The number of guanidine groups is 1. The summed E-state index contributed by atoms with van der Waals surface area (Å²) >= 11 is 1.81. The minimum Gasteiger partial charge on any atom is -0.357 e. The van der Waals surface area contributed by atoms with Gasteiger partial charge in [0.1, 0.15) is 0 Å². The summed E-state index contributed by atoms with van der Waals surface area (Å²) in [6.45, 7) is 9.94. The van der Waals surface area contributed by atoms with Crippen molar-refractivity contribution in [3.05, 3.63) is 57.8 Å². The van der Waals surface area contributed by atoms with Crippen LogP contribution >= 0.6 is 11.3 Å². The molecule has 0 saturated carbocycles. The van der Waals surface area contributed by atoms with E-state index in [1.807, 2.05) is 11.3 Å². The molecule has 4 nitrogen and oxygen atoms in total. The molecule has 0 aliphatic rings. The predicted molar refractivity (Wildman–Crippen MR) is 114 cm³/mol. The second kappa shape index (κ2) is 9.74. The SMILES string of the molecule is CCNC(=NCc1ccccc1CN(C)C)NCC(C)(C)c1cccs1. The normalized spacial score (nSPS) is 12.5. The molecule has 0 unspecified atom stereocenters. The molecule has 142 valence electrons. The molecule has 1 heterocycles. The van der Waals surface area contributed by atoms with E-state index in [4.69, 9.17) is 4.99 Å². The number of benzene rings is 1. The van der Waals surface area contributed by atoms with E-state index < -0.39 is 0 Å². The molecule has 26 heavy (non-hydrogen) atoms. The Morgan fingerprint density at radius 3 is 2.42 bits per heavy atom. The van der Waals surface area contributed by atoms with Crippen LogP contribution in [0.5, 0.6) is 0 Å². The summed E-state index contributed by atoms with van der Waals surface area (Å²) in [4.78, 5) is 8.39. The Morgan fingerprint density at radius 2 is 1.81 bits per heavy atom. The third kappa shape index (κ3) is 6.15. The van der Waals surface area contributed by atoms with Crippen molar-refractivity contribution < 1.29 is 0 Å². The van der Waals surface area contributed by atoms with Crippen LogP contribution in [0, 0.1) is 0 Å². The Labute approximate surface area is 162 Å². The van der Waals surface area contributed by atoms with Crippen molar-refractivity contribution in [1.82, 2.24) is 15.5 Å². The molecule has 0 radical (unpaired) electrons. The Morgan fingerprint density at radius 1 is 1.08 bits per heavy atom. The van der Waals surface area contributed by atoms with Gasteiger partial charge in [0.2, 0.25) is 0 Å². The van der Waals surface area contributed by atoms with Crippen LogP contribution in [0.15, 0.2) is 46.8 Å². The van der Waals surface area contributed by atoms with Gasteiger partial charge < -0.3 is 15.5 Å². The zero-order valence-corrected chi connectivity index (χ0v) is 17.5. The van der Waals surface area contributed by atoms with Gasteiger partial charge in [-0.1, -0.05) is 44.2 Å². The molecule has 2 N–H and O–H groups in total. The number of hydrogen-bond acceptors (Lipinski definition) is 3. The topological polar surface area (TPSA) is 39.7 Å². The number of hydrogen-bond donors (Lipinski definition) is 2. The van der Waals surface area contributed by atoms with Crippen molar-refractivity contribution in [2.24, 2.45) is 4.99 Å². The molecule has 0 bridgehead atoms. The van der Waals surface area contributed by atoms with E-state index >= 15 is 0 Å². The first-order valence-electron chi connectivity index (χ1n) is 9.20. The molecule has 5 heteroatoms. The zero-order valence-electron chi connectivity index (χ0n) is 16.7. The molecular formula is C21H32N4S. The van der Waals surface area contributed by atoms with Gasteiger partial charge in [0.15, 0.2) is 5.96 Å². The maximum Gasteiger partial charge on any atom is 0.191 e. The largest absolute Gasteiger partial charge is 0.357 e. The van der Waals surface area contributed by atoms with E-state index in [1.54, 1.807) is 0 Å². The van der Waals surface area contributed by atoms with E-state index in [-0.39, 0.29) is 5.41 Å². The van der Waals surface area contributed by atoms with Gasteiger partial charge in [-0.05, 0) is 43.6 Å². The third-order valence-corrected chi connectivity index (χ3v) is 5.48. The van der Waals surface area contributed by atoms with E-state index in [0.717, 1.165) is 25.6 Å². The maximum absolute atomic E-state index is 4.82. The van der Waals surface area contributed by atoms with Crippen LogP contribution in [0.2, 0.25) is 0 Å².